The van der Waals surface area contributed by atoms with Gasteiger partial charge in [0.05, 0.1) is 0 Å². The Kier molecular flexibility index (Phi) is 13.2. The maximum Gasteiger partial charge on any atom is 0.191 e. The fraction of sp³-hybridized carbons (Fsp3) is 0.941. The quantitative estimate of drug-likeness (QED) is 0.295. The Morgan fingerprint density at radius 3 is 2.52 bits per heavy atom. The Bertz CT molecular complexity index is 322. The molecule has 0 amide bonds. The van der Waals surface area contributed by atoms with E-state index in [9.17, 15) is 0 Å². The molecule has 0 radical (unpaired) electrons. The van der Waals surface area contributed by atoms with Gasteiger partial charge >= 0.3 is 0 Å². The number of ether oxygens (including phenoxy) is 1. The number of halogens is 1. The summed E-state index contributed by atoms with van der Waals surface area (Å²) < 4.78 is 5.25. The third kappa shape index (κ3) is 9.10. The van der Waals surface area contributed by atoms with E-state index < -0.39 is 0 Å². The lowest BCUT2D eigenvalue weighted by atomic mass is 9.67. The topological polar surface area (TPSA) is 48.9 Å². The minimum atomic E-state index is 0. The van der Waals surface area contributed by atoms with Crippen molar-refractivity contribution in [3.8, 4) is 0 Å². The summed E-state index contributed by atoms with van der Waals surface area (Å²) in [7, 11) is 5.82. The van der Waals surface area contributed by atoms with Crippen LogP contribution in [0.25, 0.3) is 0 Å². The molecule has 0 atom stereocenters. The van der Waals surface area contributed by atoms with E-state index in [4.69, 9.17) is 4.74 Å². The van der Waals surface area contributed by atoms with E-state index in [2.05, 4.69) is 34.5 Å². The van der Waals surface area contributed by atoms with Crippen molar-refractivity contribution >= 4 is 29.9 Å². The predicted octanol–water partition coefficient (Wildman–Crippen LogP) is 2.71. The largest absolute Gasteiger partial charge is 0.385 e. The van der Waals surface area contributed by atoms with Gasteiger partial charge in [-0.15, -0.1) is 24.0 Å². The van der Waals surface area contributed by atoms with Gasteiger partial charge in [0.15, 0.2) is 5.96 Å². The van der Waals surface area contributed by atoms with Gasteiger partial charge in [-0.1, -0.05) is 19.8 Å². The average molecular weight is 440 g/mol. The van der Waals surface area contributed by atoms with Crippen LogP contribution in [0.2, 0.25) is 0 Å². The number of likely N-dealkylation sites (N-methyl/N-ethyl adjacent to an activating group) is 1. The molecular weight excluding hydrogens is 403 g/mol. The molecule has 0 aromatic carbocycles. The molecule has 0 aromatic heterocycles. The monoisotopic (exact) mass is 440 g/mol. The van der Waals surface area contributed by atoms with Crippen molar-refractivity contribution < 1.29 is 4.74 Å². The Balaban J connectivity index is 0.00000484. The van der Waals surface area contributed by atoms with E-state index in [1.54, 1.807) is 7.11 Å². The van der Waals surface area contributed by atoms with Gasteiger partial charge in [0.25, 0.3) is 0 Å². The zero-order chi connectivity index (χ0) is 16.3. The minimum absolute atomic E-state index is 0. The molecular formula is C17H37IN4O. The number of guanidine groups is 1. The summed E-state index contributed by atoms with van der Waals surface area (Å²) in [5.41, 5.74) is 0.422. The second-order valence-corrected chi connectivity index (χ2v) is 6.61. The lowest BCUT2D eigenvalue weighted by Gasteiger charge is -2.42. The Hall–Kier alpha value is -0.0800. The van der Waals surface area contributed by atoms with Crippen molar-refractivity contribution in [2.24, 2.45) is 10.4 Å². The first-order valence-electron chi connectivity index (χ1n) is 8.78. The zero-order valence-corrected chi connectivity index (χ0v) is 17.8. The fourth-order valence-corrected chi connectivity index (χ4v) is 2.91. The molecule has 2 N–H and O–H groups in total. The van der Waals surface area contributed by atoms with Crippen molar-refractivity contribution in [3.05, 3.63) is 0 Å². The molecule has 0 saturated heterocycles. The maximum absolute atomic E-state index is 5.25. The Labute approximate surface area is 160 Å². The summed E-state index contributed by atoms with van der Waals surface area (Å²) in [6, 6.07) is 0. The number of methoxy groups -OCH3 is 1. The molecule has 23 heavy (non-hydrogen) atoms. The number of unbranched alkanes of at least 4 members (excludes halogenated alkanes) is 1. The van der Waals surface area contributed by atoms with Gasteiger partial charge in [0, 0.05) is 40.4 Å². The van der Waals surface area contributed by atoms with Gasteiger partial charge in [-0.3, -0.25) is 4.99 Å². The summed E-state index contributed by atoms with van der Waals surface area (Å²) in [5.74, 6) is 0.924. The molecule has 138 valence electrons. The zero-order valence-electron chi connectivity index (χ0n) is 15.5. The fourth-order valence-electron chi connectivity index (χ4n) is 2.91. The van der Waals surface area contributed by atoms with Crippen LogP contribution in [0.1, 0.15) is 45.4 Å². The van der Waals surface area contributed by atoms with Gasteiger partial charge in [-0.2, -0.15) is 0 Å². The van der Waals surface area contributed by atoms with Gasteiger partial charge in [0.2, 0.25) is 0 Å². The van der Waals surface area contributed by atoms with Crippen molar-refractivity contribution in [1.82, 2.24) is 15.5 Å². The number of rotatable bonds is 11. The second-order valence-electron chi connectivity index (χ2n) is 6.61. The van der Waals surface area contributed by atoms with Gasteiger partial charge in [0.1, 0.15) is 0 Å². The third-order valence-corrected chi connectivity index (χ3v) is 4.78. The van der Waals surface area contributed by atoms with Crippen molar-refractivity contribution in [2.45, 2.75) is 45.4 Å². The van der Waals surface area contributed by atoms with E-state index in [0.29, 0.717) is 5.41 Å². The molecule has 0 bridgehead atoms. The highest BCUT2D eigenvalue weighted by Gasteiger charge is 2.36. The molecule has 0 unspecified atom stereocenters. The molecule has 1 aliphatic rings. The number of hydrogen-bond acceptors (Lipinski definition) is 3. The van der Waals surface area contributed by atoms with Crippen molar-refractivity contribution in [2.75, 3.05) is 54.0 Å². The SMILES string of the molecule is CCCCN(C)CCNC(=NC)NCC1(CCOC)CCC1.I. The maximum atomic E-state index is 5.25. The summed E-state index contributed by atoms with van der Waals surface area (Å²) in [6.07, 6.45) is 7.63. The molecule has 0 heterocycles. The van der Waals surface area contributed by atoms with Crippen LogP contribution in [0, 0.1) is 5.41 Å². The second kappa shape index (κ2) is 13.2. The standard InChI is InChI=1S/C17H36N4O.HI/c1-5-6-12-21(3)13-11-19-16(18-2)20-15-17(8-7-9-17)10-14-22-4;/h5-15H2,1-4H3,(H2,18,19,20);1H. The van der Waals surface area contributed by atoms with Crippen LogP contribution in [0.15, 0.2) is 4.99 Å². The number of hydrogen-bond donors (Lipinski definition) is 2. The van der Waals surface area contributed by atoms with E-state index in [0.717, 1.165) is 38.6 Å². The van der Waals surface area contributed by atoms with Crippen LogP contribution in [-0.2, 0) is 4.74 Å². The predicted molar refractivity (Wildman–Crippen MR) is 110 cm³/mol. The summed E-state index contributed by atoms with van der Waals surface area (Å²) in [6.45, 7) is 7.25. The van der Waals surface area contributed by atoms with E-state index in [1.807, 2.05) is 7.05 Å². The van der Waals surface area contributed by atoms with E-state index in [-0.39, 0.29) is 24.0 Å². The van der Waals surface area contributed by atoms with Crippen LogP contribution >= 0.6 is 24.0 Å². The van der Waals surface area contributed by atoms with Crippen LogP contribution in [0.4, 0.5) is 0 Å². The lowest BCUT2D eigenvalue weighted by molar-refractivity contribution is 0.0732. The van der Waals surface area contributed by atoms with Gasteiger partial charge in [-0.25, -0.2) is 0 Å². The molecule has 0 spiro atoms. The Morgan fingerprint density at radius 2 is 2.00 bits per heavy atom. The van der Waals surface area contributed by atoms with Gasteiger partial charge in [-0.05, 0) is 44.7 Å². The summed E-state index contributed by atoms with van der Waals surface area (Å²) in [4.78, 5) is 6.70. The molecule has 0 aliphatic heterocycles. The van der Waals surface area contributed by atoms with E-state index in [1.165, 1.54) is 38.6 Å². The highest BCUT2D eigenvalue weighted by molar-refractivity contribution is 14.0. The number of aliphatic imine (C=N–C) groups is 1. The summed E-state index contributed by atoms with van der Waals surface area (Å²) >= 11 is 0. The number of nitrogens with one attached hydrogen (secondary N) is 2. The smallest absolute Gasteiger partial charge is 0.191 e. The van der Waals surface area contributed by atoms with Crippen LogP contribution < -0.4 is 10.6 Å². The highest BCUT2D eigenvalue weighted by Crippen LogP contribution is 2.43. The first kappa shape index (κ1) is 22.9. The molecule has 6 heteroatoms. The molecule has 1 aliphatic carbocycles. The minimum Gasteiger partial charge on any atom is -0.385 e. The number of nitrogens with zero attached hydrogens (tertiary/aromatic N) is 2. The van der Waals surface area contributed by atoms with Crippen LogP contribution in [-0.4, -0.2) is 64.9 Å². The van der Waals surface area contributed by atoms with Crippen molar-refractivity contribution in [1.29, 1.82) is 0 Å². The van der Waals surface area contributed by atoms with Crippen LogP contribution in [0.3, 0.4) is 0 Å². The molecule has 1 saturated carbocycles. The van der Waals surface area contributed by atoms with E-state index >= 15 is 0 Å². The molecule has 0 aromatic rings. The van der Waals surface area contributed by atoms with Gasteiger partial charge < -0.3 is 20.3 Å². The van der Waals surface area contributed by atoms with Crippen molar-refractivity contribution in [3.63, 3.8) is 0 Å². The van der Waals surface area contributed by atoms with Crippen LogP contribution in [0.5, 0.6) is 0 Å². The highest BCUT2D eigenvalue weighted by atomic mass is 127. The molecule has 5 nitrogen and oxygen atoms in total. The normalized spacial score (nSPS) is 16.7. The first-order chi connectivity index (χ1) is 10.7. The third-order valence-electron chi connectivity index (χ3n) is 4.78. The Morgan fingerprint density at radius 1 is 1.26 bits per heavy atom. The summed E-state index contributed by atoms with van der Waals surface area (Å²) in [5, 5.41) is 6.92. The lowest BCUT2D eigenvalue weighted by Crippen LogP contribution is -2.48. The average Bonchev–Trinajstić information content (AvgIpc) is 2.49. The first-order valence-corrected chi connectivity index (χ1v) is 8.78. The molecule has 1 rings (SSSR count). The molecule has 1 fully saturated rings.